The van der Waals surface area contributed by atoms with Crippen molar-refractivity contribution in [3.05, 3.63) is 35.9 Å². The number of hydrogen-bond acceptors (Lipinski definition) is 6. The van der Waals surface area contributed by atoms with Gasteiger partial charge < -0.3 is 16.0 Å². The van der Waals surface area contributed by atoms with Crippen LogP contribution in [0.2, 0.25) is 0 Å². The highest BCUT2D eigenvalue weighted by molar-refractivity contribution is 7.14. The maximum absolute atomic E-state index is 11.1. The SMILES string of the molecule is C=C1CN(C)CCN1c1ccc(-c2csc(NC(C)=O)n2)cc1N. The number of carbonyl (C=O) groups excluding carboxylic acids is 1. The van der Waals surface area contributed by atoms with Crippen LogP contribution in [0.25, 0.3) is 11.3 Å². The Morgan fingerprint density at radius 3 is 2.88 bits per heavy atom. The Bertz CT molecular complexity index is 785. The standard InChI is InChI=1S/C17H21N5OS/c1-11-9-21(3)6-7-22(11)16-5-4-13(8-14(16)18)15-10-24-17(20-15)19-12(2)23/h4-5,8,10H,1,6-7,9,18H2,2-3H3,(H,19,20,23). The van der Waals surface area contributed by atoms with Crippen LogP contribution in [0.1, 0.15) is 6.92 Å². The normalized spacial score (nSPS) is 15.6. The Morgan fingerprint density at radius 2 is 2.21 bits per heavy atom. The van der Waals surface area contributed by atoms with Crippen molar-refractivity contribution in [1.82, 2.24) is 9.88 Å². The van der Waals surface area contributed by atoms with Crippen molar-refractivity contribution < 1.29 is 4.79 Å². The Labute approximate surface area is 145 Å². The van der Waals surface area contributed by atoms with Gasteiger partial charge in [0.2, 0.25) is 5.91 Å². The lowest BCUT2D eigenvalue weighted by Gasteiger charge is -2.36. The number of benzene rings is 1. The molecule has 2 heterocycles. The first-order valence-electron chi connectivity index (χ1n) is 7.71. The molecule has 0 bridgehead atoms. The van der Waals surface area contributed by atoms with Crippen molar-refractivity contribution in [1.29, 1.82) is 0 Å². The minimum absolute atomic E-state index is 0.126. The highest BCUT2D eigenvalue weighted by Gasteiger charge is 2.20. The van der Waals surface area contributed by atoms with Gasteiger partial charge in [-0.15, -0.1) is 11.3 Å². The van der Waals surface area contributed by atoms with E-state index in [9.17, 15) is 4.79 Å². The smallest absolute Gasteiger partial charge is 0.223 e. The number of rotatable bonds is 3. The third-order valence-electron chi connectivity index (χ3n) is 3.94. The van der Waals surface area contributed by atoms with Crippen LogP contribution in [-0.4, -0.2) is 42.5 Å². The van der Waals surface area contributed by atoms with E-state index in [1.165, 1.54) is 18.3 Å². The van der Waals surface area contributed by atoms with Crippen LogP contribution in [-0.2, 0) is 4.79 Å². The van der Waals surface area contributed by atoms with Crippen LogP contribution in [0.15, 0.2) is 35.9 Å². The number of anilines is 3. The average Bonchev–Trinajstić information content (AvgIpc) is 2.95. The highest BCUT2D eigenvalue weighted by Crippen LogP contribution is 2.33. The molecule has 0 aliphatic carbocycles. The molecule has 0 radical (unpaired) electrons. The molecule has 0 atom stereocenters. The largest absolute Gasteiger partial charge is 0.397 e. The number of amides is 1. The van der Waals surface area contributed by atoms with Gasteiger partial charge in [-0.25, -0.2) is 4.98 Å². The summed E-state index contributed by atoms with van der Waals surface area (Å²) in [5, 5.41) is 5.20. The topological polar surface area (TPSA) is 74.5 Å². The van der Waals surface area contributed by atoms with Gasteiger partial charge in [-0.2, -0.15) is 0 Å². The molecular weight excluding hydrogens is 322 g/mol. The van der Waals surface area contributed by atoms with E-state index in [1.807, 2.05) is 23.6 Å². The van der Waals surface area contributed by atoms with E-state index in [2.05, 4.69) is 33.7 Å². The third kappa shape index (κ3) is 3.42. The summed E-state index contributed by atoms with van der Waals surface area (Å²) in [6.45, 7) is 8.32. The number of aromatic nitrogens is 1. The number of nitrogen functional groups attached to an aromatic ring is 1. The van der Waals surface area contributed by atoms with Crippen LogP contribution in [0, 0.1) is 0 Å². The van der Waals surface area contributed by atoms with E-state index < -0.39 is 0 Å². The molecule has 1 saturated heterocycles. The van der Waals surface area contributed by atoms with Gasteiger partial charge in [-0.05, 0) is 19.2 Å². The quantitative estimate of drug-likeness (QED) is 0.838. The van der Waals surface area contributed by atoms with Crippen molar-refractivity contribution in [2.24, 2.45) is 0 Å². The Hall–Kier alpha value is -2.38. The van der Waals surface area contributed by atoms with E-state index >= 15 is 0 Å². The number of nitrogens with one attached hydrogen (secondary N) is 1. The summed E-state index contributed by atoms with van der Waals surface area (Å²) in [6, 6.07) is 5.94. The van der Waals surface area contributed by atoms with Gasteiger partial charge in [-0.3, -0.25) is 9.69 Å². The Kier molecular flexibility index (Phi) is 4.55. The third-order valence-corrected chi connectivity index (χ3v) is 4.70. The molecule has 1 aromatic heterocycles. The summed E-state index contributed by atoms with van der Waals surface area (Å²) >= 11 is 1.40. The van der Waals surface area contributed by atoms with E-state index in [0.29, 0.717) is 10.8 Å². The lowest BCUT2D eigenvalue weighted by molar-refractivity contribution is -0.114. The van der Waals surface area contributed by atoms with Crippen molar-refractivity contribution in [3.63, 3.8) is 0 Å². The first-order valence-corrected chi connectivity index (χ1v) is 8.59. The molecule has 1 aromatic carbocycles. The second kappa shape index (κ2) is 6.62. The number of nitrogens with two attached hydrogens (primary N) is 1. The second-order valence-electron chi connectivity index (χ2n) is 5.95. The molecule has 2 aromatic rings. The minimum Gasteiger partial charge on any atom is -0.397 e. The second-order valence-corrected chi connectivity index (χ2v) is 6.81. The molecule has 1 fully saturated rings. The zero-order valence-electron chi connectivity index (χ0n) is 13.9. The summed E-state index contributed by atoms with van der Waals surface area (Å²) in [6.07, 6.45) is 0. The van der Waals surface area contributed by atoms with E-state index in [0.717, 1.165) is 42.3 Å². The van der Waals surface area contributed by atoms with E-state index in [-0.39, 0.29) is 5.91 Å². The Morgan fingerprint density at radius 1 is 1.42 bits per heavy atom. The van der Waals surface area contributed by atoms with Crippen molar-refractivity contribution in [2.75, 3.05) is 42.6 Å². The monoisotopic (exact) mass is 343 g/mol. The fraction of sp³-hybridized carbons (Fsp3) is 0.294. The number of carbonyl (C=O) groups is 1. The summed E-state index contributed by atoms with van der Waals surface area (Å²) < 4.78 is 0. The van der Waals surface area contributed by atoms with Crippen LogP contribution in [0.4, 0.5) is 16.5 Å². The summed E-state index contributed by atoms with van der Waals surface area (Å²) in [5.41, 5.74) is 10.8. The number of nitrogens with zero attached hydrogens (tertiary/aromatic N) is 3. The van der Waals surface area contributed by atoms with Crippen molar-refractivity contribution >= 4 is 33.8 Å². The molecule has 0 spiro atoms. The molecule has 0 unspecified atom stereocenters. The lowest BCUT2D eigenvalue weighted by Crippen LogP contribution is -2.42. The highest BCUT2D eigenvalue weighted by atomic mass is 32.1. The molecular formula is C17H21N5OS. The van der Waals surface area contributed by atoms with Gasteiger partial charge >= 0.3 is 0 Å². The number of piperazine rings is 1. The van der Waals surface area contributed by atoms with Gasteiger partial charge in [0.25, 0.3) is 0 Å². The molecule has 7 heteroatoms. The predicted octanol–water partition coefficient (Wildman–Crippen LogP) is 2.62. The first-order chi connectivity index (χ1) is 11.4. The fourth-order valence-corrected chi connectivity index (χ4v) is 3.54. The zero-order chi connectivity index (χ0) is 17.3. The molecule has 6 nitrogen and oxygen atoms in total. The van der Waals surface area contributed by atoms with E-state index in [4.69, 9.17) is 5.73 Å². The predicted molar refractivity (Wildman–Crippen MR) is 100 cm³/mol. The Balaban J connectivity index is 1.83. The molecule has 1 aliphatic heterocycles. The van der Waals surface area contributed by atoms with Crippen molar-refractivity contribution in [3.8, 4) is 11.3 Å². The molecule has 24 heavy (non-hydrogen) atoms. The first kappa shape index (κ1) is 16.5. The van der Waals surface area contributed by atoms with Gasteiger partial charge in [0, 0.05) is 43.2 Å². The molecule has 1 amide bonds. The van der Waals surface area contributed by atoms with Gasteiger partial charge in [0.05, 0.1) is 17.1 Å². The van der Waals surface area contributed by atoms with Gasteiger partial charge in [-0.1, -0.05) is 12.6 Å². The molecule has 0 saturated carbocycles. The average molecular weight is 343 g/mol. The summed E-state index contributed by atoms with van der Waals surface area (Å²) in [7, 11) is 2.09. The lowest BCUT2D eigenvalue weighted by atomic mass is 10.1. The fourth-order valence-electron chi connectivity index (χ4n) is 2.77. The molecule has 126 valence electrons. The number of hydrogen-bond donors (Lipinski definition) is 2. The zero-order valence-corrected chi connectivity index (χ0v) is 14.7. The number of likely N-dealkylation sites (N-methyl/N-ethyl adjacent to an activating group) is 1. The maximum atomic E-state index is 11.1. The van der Waals surface area contributed by atoms with Crippen LogP contribution < -0.4 is 16.0 Å². The van der Waals surface area contributed by atoms with Gasteiger partial charge in [0.1, 0.15) is 0 Å². The van der Waals surface area contributed by atoms with Crippen LogP contribution in [0.5, 0.6) is 0 Å². The maximum Gasteiger partial charge on any atom is 0.223 e. The summed E-state index contributed by atoms with van der Waals surface area (Å²) in [5.74, 6) is -0.126. The van der Waals surface area contributed by atoms with Gasteiger partial charge in [0.15, 0.2) is 5.13 Å². The van der Waals surface area contributed by atoms with Crippen LogP contribution >= 0.6 is 11.3 Å². The van der Waals surface area contributed by atoms with E-state index in [1.54, 1.807) is 0 Å². The molecule has 3 N–H and O–H groups in total. The van der Waals surface area contributed by atoms with Crippen LogP contribution in [0.3, 0.4) is 0 Å². The number of thiazole rings is 1. The van der Waals surface area contributed by atoms with Crippen molar-refractivity contribution in [2.45, 2.75) is 6.92 Å². The summed E-state index contributed by atoms with van der Waals surface area (Å²) in [4.78, 5) is 19.9. The minimum atomic E-state index is -0.126. The molecule has 3 rings (SSSR count). The molecule has 1 aliphatic rings.